The first kappa shape index (κ1) is 15.7. The van der Waals surface area contributed by atoms with E-state index in [0.29, 0.717) is 23.0 Å². The van der Waals surface area contributed by atoms with Crippen LogP contribution in [0, 0.1) is 0 Å². The molecule has 0 aliphatic heterocycles. The van der Waals surface area contributed by atoms with Gasteiger partial charge in [0.1, 0.15) is 0 Å². The number of hydrogen-bond donors (Lipinski definition) is 2. The lowest BCUT2D eigenvalue weighted by Gasteiger charge is -2.08. The molecule has 0 atom stereocenters. The standard InChI is InChI=1S/C16H16Cl2N2O/c1-19-16(21)9-11-2-5-13(6-3-11)20-10-12-4-7-14(17)15(18)8-12/h2-8,20H,9-10H2,1H3,(H,19,21). The molecule has 0 aliphatic rings. The van der Waals surface area contributed by atoms with Gasteiger partial charge in [-0.05, 0) is 35.4 Å². The molecule has 0 spiro atoms. The molecule has 110 valence electrons. The maximum Gasteiger partial charge on any atom is 0.224 e. The fraction of sp³-hybridized carbons (Fsp3) is 0.188. The summed E-state index contributed by atoms with van der Waals surface area (Å²) in [6, 6.07) is 13.3. The Bertz CT molecular complexity index is 627. The van der Waals surface area contributed by atoms with Crippen LogP contribution in [0.5, 0.6) is 0 Å². The molecule has 21 heavy (non-hydrogen) atoms. The van der Waals surface area contributed by atoms with E-state index in [2.05, 4.69) is 10.6 Å². The van der Waals surface area contributed by atoms with Crippen molar-refractivity contribution in [3.8, 4) is 0 Å². The minimum atomic E-state index is 0.00603. The molecule has 3 nitrogen and oxygen atoms in total. The van der Waals surface area contributed by atoms with Gasteiger partial charge in [0.2, 0.25) is 5.91 Å². The predicted molar refractivity (Wildman–Crippen MR) is 88.0 cm³/mol. The van der Waals surface area contributed by atoms with E-state index in [-0.39, 0.29) is 5.91 Å². The minimum absolute atomic E-state index is 0.00603. The average Bonchev–Trinajstić information content (AvgIpc) is 2.50. The van der Waals surface area contributed by atoms with Gasteiger partial charge >= 0.3 is 0 Å². The van der Waals surface area contributed by atoms with Gasteiger partial charge in [-0.25, -0.2) is 0 Å². The minimum Gasteiger partial charge on any atom is -0.381 e. The van der Waals surface area contributed by atoms with E-state index < -0.39 is 0 Å². The van der Waals surface area contributed by atoms with Crippen molar-refractivity contribution in [3.05, 3.63) is 63.6 Å². The average molecular weight is 323 g/mol. The summed E-state index contributed by atoms with van der Waals surface area (Å²) in [7, 11) is 1.63. The highest BCUT2D eigenvalue weighted by molar-refractivity contribution is 6.42. The zero-order chi connectivity index (χ0) is 15.2. The third kappa shape index (κ3) is 4.66. The largest absolute Gasteiger partial charge is 0.381 e. The van der Waals surface area contributed by atoms with Gasteiger partial charge in [-0.15, -0.1) is 0 Å². The van der Waals surface area contributed by atoms with Crippen LogP contribution in [-0.2, 0) is 17.8 Å². The molecular formula is C16H16Cl2N2O. The number of rotatable bonds is 5. The summed E-state index contributed by atoms with van der Waals surface area (Å²) in [6.07, 6.45) is 0.392. The molecule has 0 unspecified atom stereocenters. The van der Waals surface area contributed by atoms with E-state index in [1.54, 1.807) is 13.1 Å². The predicted octanol–water partition coefficient (Wildman–Crippen LogP) is 3.89. The van der Waals surface area contributed by atoms with E-state index >= 15 is 0 Å². The molecular weight excluding hydrogens is 307 g/mol. The van der Waals surface area contributed by atoms with E-state index in [1.165, 1.54) is 0 Å². The second kappa shape index (κ2) is 7.34. The van der Waals surface area contributed by atoms with Crippen LogP contribution in [0.2, 0.25) is 10.0 Å². The number of nitrogens with one attached hydrogen (secondary N) is 2. The van der Waals surface area contributed by atoms with Gasteiger partial charge in [0.25, 0.3) is 0 Å². The summed E-state index contributed by atoms with van der Waals surface area (Å²) in [4.78, 5) is 11.3. The smallest absolute Gasteiger partial charge is 0.224 e. The van der Waals surface area contributed by atoms with Crippen LogP contribution >= 0.6 is 23.2 Å². The Balaban J connectivity index is 1.94. The number of carbonyl (C=O) groups is 1. The number of hydrogen-bond acceptors (Lipinski definition) is 2. The zero-order valence-electron chi connectivity index (χ0n) is 11.6. The van der Waals surface area contributed by atoms with Crippen LogP contribution in [0.15, 0.2) is 42.5 Å². The molecule has 2 N–H and O–H groups in total. The maximum absolute atomic E-state index is 11.3. The summed E-state index contributed by atoms with van der Waals surface area (Å²) < 4.78 is 0. The maximum atomic E-state index is 11.3. The molecule has 0 radical (unpaired) electrons. The van der Waals surface area contributed by atoms with Crippen molar-refractivity contribution in [1.82, 2.24) is 5.32 Å². The van der Waals surface area contributed by atoms with Crippen molar-refractivity contribution in [2.75, 3.05) is 12.4 Å². The lowest BCUT2D eigenvalue weighted by atomic mass is 10.1. The second-order valence-corrected chi connectivity index (χ2v) is 5.46. The molecule has 1 amide bonds. The van der Waals surface area contributed by atoms with E-state index in [0.717, 1.165) is 16.8 Å². The fourth-order valence-corrected chi connectivity index (χ4v) is 2.19. The number of benzene rings is 2. The third-order valence-electron chi connectivity index (χ3n) is 3.08. The van der Waals surface area contributed by atoms with Gasteiger partial charge in [-0.3, -0.25) is 4.79 Å². The highest BCUT2D eigenvalue weighted by Crippen LogP contribution is 2.23. The van der Waals surface area contributed by atoms with Crippen LogP contribution in [0.1, 0.15) is 11.1 Å². The van der Waals surface area contributed by atoms with Crippen molar-refractivity contribution < 1.29 is 4.79 Å². The van der Waals surface area contributed by atoms with Gasteiger partial charge in [0.05, 0.1) is 16.5 Å². The molecule has 0 heterocycles. The number of carbonyl (C=O) groups excluding carboxylic acids is 1. The Morgan fingerprint density at radius 1 is 1.00 bits per heavy atom. The molecule has 5 heteroatoms. The quantitative estimate of drug-likeness (QED) is 0.876. The second-order valence-electron chi connectivity index (χ2n) is 4.65. The Hall–Kier alpha value is -1.71. The highest BCUT2D eigenvalue weighted by Gasteiger charge is 2.02. The van der Waals surface area contributed by atoms with Gasteiger partial charge in [0.15, 0.2) is 0 Å². The zero-order valence-corrected chi connectivity index (χ0v) is 13.1. The number of halogens is 2. The Morgan fingerprint density at radius 3 is 2.29 bits per heavy atom. The Kier molecular flexibility index (Phi) is 5.48. The number of anilines is 1. The topological polar surface area (TPSA) is 41.1 Å². The SMILES string of the molecule is CNC(=O)Cc1ccc(NCc2ccc(Cl)c(Cl)c2)cc1. The molecule has 0 fully saturated rings. The summed E-state index contributed by atoms with van der Waals surface area (Å²) in [5.74, 6) is 0.00603. The first-order valence-corrected chi connectivity index (χ1v) is 7.31. The molecule has 0 bridgehead atoms. The molecule has 2 rings (SSSR count). The summed E-state index contributed by atoms with van der Waals surface area (Å²) in [5, 5.41) is 7.01. The third-order valence-corrected chi connectivity index (χ3v) is 3.82. The van der Waals surface area contributed by atoms with E-state index in [9.17, 15) is 4.79 Å². The first-order valence-electron chi connectivity index (χ1n) is 6.56. The van der Waals surface area contributed by atoms with Gasteiger partial charge in [-0.1, -0.05) is 41.4 Å². The van der Waals surface area contributed by atoms with Crippen molar-refractivity contribution in [2.45, 2.75) is 13.0 Å². The van der Waals surface area contributed by atoms with Crippen LogP contribution in [-0.4, -0.2) is 13.0 Å². The number of likely N-dealkylation sites (N-methyl/N-ethyl adjacent to an activating group) is 1. The van der Waals surface area contributed by atoms with Gasteiger partial charge in [0, 0.05) is 19.3 Å². The fourth-order valence-electron chi connectivity index (χ4n) is 1.87. The van der Waals surface area contributed by atoms with Gasteiger partial charge in [-0.2, -0.15) is 0 Å². The van der Waals surface area contributed by atoms with Crippen molar-refractivity contribution >= 4 is 34.8 Å². The van der Waals surface area contributed by atoms with Crippen molar-refractivity contribution in [1.29, 1.82) is 0 Å². The van der Waals surface area contributed by atoms with Gasteiger partial charge < -0.3 is 10.6 Å². The van der Waals surface area contributed by atoms with Crippen molar-refractivity contribution in [2.24, 2.45) is 0 Å². The van der Waals surface area contributed by atoms with E-state index in [1.807, 2.05) is 36.4 Å². The Morgan fingerprint density at radius 2 is 1.67 bits per heavy atom. The van der Waals surface area contributed by atoms with Crippen LogP contribution < -0.4 is 10.6 Å². The summed E-state index contributed by atoms with van der Waals surface area (Å²) in [6.45, 7) is 0.658. The molecule has 0 aromatic heterocycles. The lowest BCUT2D eigenvalue weighted by Crippen LogP contribution is -2.19. The molecule has 0 saturated carbocycles. The van der Waals surface area contributed by atoms with Crippen molar-refractivity contribution in [3.63, 3.8) is 0 Å². The monoisotopic (exact) mass is 322 g/mol. The molecule has 0 aliphatic carbocycles. The summed E-state index contributed by atoms with van der Waals surface area (Å²) >= 11 is 11.9. The highest BCUT2D eigenvalue weighted by atomic mass is 35.5. The summed E-state index contributed by atoms with van der Waals surface area (Å²) in [5.41, 5.74) is 3.02. The van der Waals surface area contributed by atoms with Crippen LogP contribution in [0.25, 0.3) is 0 Å². The van der Waals surface area contributed by atoms with Crippen LogP contribution in [0.4, 0.5) is 5.69 Å². The molecule has 2 aromatic carbocycles. The first-order chi connectivity index (χ1) is 10.1. The van der Waals surface area contributed by atoms with Crippen LogP contribution in [0.3, 0.4) is 0 Å². The normalized spacial score (nSPS) is 10.2. The Labute approximate surface area is 134 Å². The number of amides is 1. The molecule has 0 saturated heterocycles. The van der Waals surface area contributed by atoms with E-state index in [4.69, 9.17) is 23.2 Å². The molecule has 2 aromatic rings. The lowest BCUT2D eigenvalue weighted by molar-refractivity contribution is -0.119.